The average molecular weight is 359 g/mol. The summed E-state index contributed by atoms with van der Waals surface area (Å²) in [6.45, 7) is 12.1. The molecule has 0 N–H and O–H groups in total. The molecule has 0 bridgehead atoms. The predicted octanol–water partition coefficient (Wildman–Crippen LogP) is 4.66. The van der Waals surface area contributed by atoms with Crippen LogP contribution in [0.5, 0.6) is 5.75 Å². The van der Waals surface area contributed by atoms with Gasteiger partial charge in [0.25, 0.3) is 0 Å². The average Bonchev–Trinajstić information content (AvgIpc) is 2.35. The number of ether oxygens (including phenoxy) is 1. The SMILES string of the molecule is CC(C)(C)[Si](C)(C)OCCOc1ccc(Br)c(C=O)c1. The molecule has 0 aromatic heterocycles. The highest BCUT2D eigenvalue weighted by molar-refractivity contribution is 9.10. The van der Waals surface area contributed by atoms with Crippen LogP contribution in [0.2, 0.25) is 18.1 Å². The molecule has 0 amide bonds. The largest absolute Gasteiger partial charge is 0.491 e. The van der Waals surface area contributed by atoms with Crippen molar-refractivity contribution in [1.82, 2.24) is 0 Å². The van der Waals surface area contributed by atoms with Gasteiger partial charge in [0.2, 0.25) is 0 Å². The third kappa shape index (κ3) is 4.72. The van der Waals surface area contributed by atoms with Gasteiger partial charge >= 0.3 is 0 Å². The van der Waals surface area contributed by atoms with Gasteiger partial charge in [0, 0.05) is 10.0 Å². The Labute approximate surface area is 130 Å². The quantitative estimate of drug-likeness (QED) is 0.421. The first-order valence-electron chi connectivity index (χ1n) is 6.69. The van der Waals surface area contributed by atoms with E-state index in [1.807, 2.05) is 12.1 Å². The van der Waals surface area contributed by atoms with E-state index in [2.05, 4.69) is 49.8 Å². The maximum absolute atomic E-state index is 10.8. The fourth-order valence-corrected chi connectivity index (χ4v) is 2.74. The van der Waals surface area contributed by atoms with Gasteiger partial charge in [0.05, 0.1) is 6.61 Å². The lowest BCUT2D eigenvalue weighted by Crippen LogP contribution is -2.41. The molecule has 0 saturated carbocycles. The van der Waals surface area contributed by atoms with Crippen LogP contribution in [-0.2, 0) is 4.43 Å². The molecule has 112 valence electrons. The minimum atomic E-state index is -1.71. The Bertz CT molecular complexity index is 467. The zero-order valence-electron chi connectivity index (χ0n) is 12.8. The van der Waals surface area contributed by atoms with E-state index in [0.29, 0.717) is 24.5 Å². The van der Waals surface area contributed by atoms with Crippen LogP contribution >= 0.6 is 15.9 Å². The third-order valence-corrected chi connectivity index (χ3v) is 8.98. The summed E-state index contributed by atoms with van der Waals surface area (Å²) < 4.78 is 12.4. The third-order valence-electron chi connectivity index (χ3n) is 3.72. The molecular weight excluding hydrogens is 336 g/mol. The van der Waals surface area contributed by atoms with Crippen LogP contribution < -0.4 is 4.74 Å². The van der Waals surface area contributed by atoms with Crippen LogP contribution in [0.25, 0.3) is 0 Å². The molecule has 1 rings (SSSR count). The summed E-state index contributed by atoms with van der Waals surface area (Å²) in [6.07, 6.45) is 0.809. The second kappa shape index (κ2) is 6.87. The van der Waals surface area contributed by atoms with Crippen LogP contribution in [0.4, 0.5) is 0 Å². The summed E-state index contributed by atoms with van der Waals surface area (Å²) in [6, 6.07) is 5.38. The molecule has 0 fully saturated rings. The second-order valence-electron chi connectivity index (χ2n) is 6.26. The van der Waals surface area contributed by atoms with Crippen molar-refractivity contribution in [1.29, 1.82) is 0 Å². The van der Waals surface area contributed by atoms with Crippen molar-refractivity contribution < 1.29 is 14.0 Å². The highest BCUT2D eigenvalue weighted by atomic mass is 79.9. The fourth-order valence-electron chi connectivity index (χ4n) is 1.37. The Hall–Kier alpha value is -0.653. The van der Waals surface area contributed by atoms with Crippen molar-refractivity contribution in [2.45, 2.75) is 38.9 Å². The highest BCUT2D eigenvalue weighted by Gasteiger charge is 2.36. The summed E-state index contributed by atoms with van der Waals surface area (Å²) in [5.41, 5.74) is 0.591. The van der Waals surface area contributed by atoms with Gasteiger partial charge in [-0.3, -0.25) is 4.79 Å². The molecule has 0 atom stereocenters. The molecule has 0 aliphatic rings. The van der Waals surface area contributed by atoms with Crippen molar-refractivity contribution in [3.05, 3.63) is 28.2 Å². The van der Waals surface area contributed by atoms with Crippen molar-refractivity contribution in [2.24, 2.45) is 0 Å². The van der Waals surface area contributed by atoms with Gasteiger partial charge in [0.15, 0.2) is 14.6 Å². The van der Waals surface area contributed by atoms with Crippen LogP contribution in [0.1, 0.15) is 31.1 Å². The summed E-state index contributed by atoms with van der Waals surface area (Å²) in [7, 11) is -1.71. The Balaban J connectivity index is 2.48. The molecular formula is C15H23BrO3Si. The molecule has 0 saturated heterocycles. The topological polar surface area (TPSA) is 35.5 Å². The number of benzene rings is 1. The number of carbonyl (C=O) groups is 1. The Morgan fingerprint density at radius 1 is 1.25 bits per heavy atom. The van der Waals surface area contributed by atoms with Crippen LogP contribution in [0, 0.1) is 0 Å². The Morgan fingerprint density at radius 3 is 2.45 bits per heavy atom. The standard InChI is InChI=1S/C15H23BrO3Si/c1-15(2,3)20(4,5)19-9-8-18-13-6-7-14(16)12(10-13)11-17/h6-7,10-11H,8-9H2,1-5H3. The number of halogens is 1. The lowest BCUT2D eigenvalue weighted by molar-refractivity contribution is 0.112. The first kappa shape index (κ1) is 17.4. The maximum Gasteiger partial charge on any atom is 0.192 e. The number of hydrogen-bond donors (Lipinski definition) is 0. The maximum atomic E-state index is 10.8. The fraction of sp³-hybridized carbons (Fsp3) is 0.533. The van der Waals surface area contributed by atoms with Crippen molar-refractivity contribution in [2.75, 3.05) is 13.2 Å². The molecule has 0 aliphatic heterocycles. The number of hydrogen-bond acceptors (Lipinski definition) is 3. The predicted molar refractivity (Wildman–Crippen MR) is 88.2 cm³/mol. The number of aldehydes is 1. The molecule has 0 aliphatic carbocycles. The van der Waals surface area contributed by atoms with E-state index >= 15 is 0 Å². The Morgan fingerprint density at radius 2 is 1.90 bits per heavy atom. The smallest absolute Gasteiger partial charge is 0.192 e. The zero-order valence-corrected chi connectivity index (χ0v) is 15.4. The number of carbonyl (C=O) groups excluding carboxylic acids is 1. The van der Waals surface area contributed by atoms with Gasteiger partial charge in [-0.05, 0) is 36.3 Å². The monoisotopic (exact) mass is 358 g/mol. The lowest BCUT2D eigenvalue weighted by atomic mass is 10.2. The van der Waals surface area contributed by atoms with E-state index in [4.69, 9.17) is 9.16 Å². The van der Waals surface area contributed by atoms with Gasteiger partial charge in [-0.2, -0.15) is 0 Å². The van der Waals surface area contributed by atoms with Crippen molar-refractivity contribution in [3.8, 4) is 5.75 Å². The molecule has 0 unspecified atom stereocenters. The van der Waals surface area contributed by atoms with Crippen LogP contribution in [0.3, 0.4) is 0 Å². The summed E-state index contributed by atoms with van der Waals surface area (Å²) >= 11 is 3.31. The van der Waals surface area contributed by atoms with E-state index in [9.17, 15) is 4.79 Å². The van der Waals surface area contributed by atoms with Gasteiger partial charge in [0.1, 0.15) is 12.4 Å². The van der Waals surface area contributed by atoms with Crippen molar-refractivity contribution >= 4 is 30.5 Å². The molecule has 0 radical (unpaired) electrons. The minimum Gasteiger partial charge on any atom is -0.491 e. The van der Waals surface area contributed by atoms with Crippen LogP contribution in [-0.4, -0.2) is 27.8 Å². The molecule has 0 heterocycles. The van der Waals surface area contributed by atoms with E-state index in [1.54, 1.807) is 6.07 Å². The highest BCUT2D eigenvalue weighted by Crippen LogP contribution is 2.36. The van der Waals surface area contributed by atoms with Gasteiger partial charge in [-0.1, -0.05) is 36.7 Å². The molecule has 1 aromatic carbocycles. The van der Waals surface area contributed by atoms with E-state index in [1.165, 1.54) is 0 Å². The molecule has 20 heavy (non-hydrogen) atoms. The van der Waals surface area contributed by atoms with E-state index in [-0.39, 0.29) is 5.04 Å². The van der Waals surface area contributed by atoms with Crippen molar-refractivity contribution in [3.63, 3.8) is 0 Å². The molecule has 3 nitrogen and oxygen atoms in total. The normalized spacial score (nSPS) is 12.3. The zero-order chi connectivity index (χ0) is 15.4. The summed E-state index contributed by atoms with van der Waals surface area (Å²) in [5, 5.41) is 0.204. The first-order chi connectivity index (χ1) is 9.17. The second-order valence-corrected chi connectivity index (χ2v) is 11.9. The van der Waals surface area contributed by atoms with Gasteiger partial charge in [-0.15, -0.1) is 0 Å². The van der Waals surface area contributed by atoms with Gasteiger partial charge < -0.3 is 9.16 Å². The first-order valence-corrected chi connectivity index (χ1v) is 10.4. The van der Waals surface area contributed by atoms with E-state index < -0.39 is 8.32 Å². The lowest BCUT2D eigenvalue weighted by Gasteiger charge is -2.36. The number of rotatable bonds is 6. The summed E-state index contributed by atoms with van der Waals surface area (Å²) in [4.78, 5) is 10.8. The van der Waals surface area contributed by atoms with E-state index in [0.717, 1.165) is 10.8 Å². The molecule has 1 aromatic rings. The minimum absolute atomic E-state index is 0.204. The molecule has 0 spiro atoms. The Kier molecular flexibility index (Phi) is 5.98. The molecule has 5 heteroatoms. The van der Waals surface area contributed by atoms with Gasteiger partial charge in [-0.25, -0.2) is 0 Å². The van der Waals surface area contributed by atoms with Crippen LogP contribution in [0.15, 0.2) is 22.7 Å². The summed E-state index contributed by atoms with van der Waals surface area (Å²) in [5.74, 6) is 0.689.